The molecule has 0 saturated carbocycles. The molecular weight excluding hydrogens is 192 g/mol. The van der Waals surface area contributed by atoms with Gasteiger partial charge in [-0.2, -0.15) is 0 Å². The molecule has 0 bridgehead atoms. The Balaban J connectivity index is 2.51. The molecule has 1 heterocycles. The lowest BCUT2D eigenvalue weighted by Crippen LogP contribution is -1.99. The molecule has 1 aromatic rings. The molecule has 0 spiro atoms. The average Bonchev–Trinajstić information content (AvgIpc) is 2.52. The SMILES string of the molecule is COc1ccc2c(c1OC)CC=CCO2. The Bertz CT molecular complexity index is 383. The first kappa shape index (κ1) is 9.90. The second kappa shape index (κ2) is 4.26. The van der Waals surface area contributed by atoms with Crippen molar-refractivity contribution in [3.8, 4) is 17.2 Å². The van der Waals surface area contributed by atoms with Crippen molar-refractivity contribution in [3.63, 3.8) is 0 Å². The Morgan fingerprint density at radius 2 is 2.00 bits per heavy atom. The van der Waals surface area contributed by atoms with Crippen LogP contribution in [-0.2, 0) is 6.42 Å². The summed E-state index contributed by atoms with van der Waals surface area (Å²) < 4.78 is 16.2. The molecule has 15 heavy (non-hydrogen) atoms. The van der Waals surface area contributed by atoms with Crippen LogP contribution in [0.3, 0.4) is 0 Å². The van der Waals surface area contributed by atoms with E-state index >= 15 is 0 Å². The van der Waals surface area contributed by atoms with Crippen molar-refractivity contribution in [3.05, 3.63) is 29.8 Å². The third kappa shape index (κ3) is 1.77. The van der Waals surface area contributed by atoms with E-state index in [9.17, 15) is 0 Å². The van der Waals surface area contributed by atoms with Crippen molar-refractivity contribution in [2.75, 3.05) is 20.8 Å². The Morgan fingerprint density at radius 1 is 1.13 bits per heavy atom. The van der Waals surface area contributed by atoms with Crippen molar-refractivity contribution in [1.29, 1.82) is 0 Å². The maximum absolute atomic E-state index is 5.57. The molecular formula is C12H14O3. The van der Waals surface area contributed by atoms with Crippen molar-refractivity contribution in [2.24, 2.45) is 0 Å². The number of benzene rings is 1. The summed E-state index contributed by atoms with van der Waals surface area (Å²) >= 11 is 0. The third-order valence-corrected chi connectivity index (χ3v) is 2.43. The lowest BCUT2D eigenvalue weighted by atomic mass is 10.1. The van der Waals surface area contributed by atoms with Gasteiger partial charge in [0.25, 0.3) is 0 Å². The fraction of sp³-hybridized carbons (Fsp3) is 0.333. The first-order valence-corrected chi connectivity index (χ1v) is 4.88. The topological polar surface area (TPSA) is 27.7 Å². The number of rotatable bonds is 2. The summed E-state index contributed by atoms with van der Waals surface area (Å²) in [6.45, 7) is 0.614. The summed E-state index contributed by atoms with van der Waals surface area (Å²) in [4.78, 5) is 0. The Labute approximate surface area is 89.3 Å². The average molecular weight is 206 g/mol. The molecule has 1 aromatic carbocycles. The number of ether oxygens (including phenoxy) is 3. The summed E-state index contributed by atoms with van der Waals surface area (Å²) in [5.74, 6) is 2.38. The van der Waals surface area contributed by atoms with Crippen LogP contribution in [0.15, 0.2) is 24.3 Å². The number of fused-ring (bicyclic) bond motifs is 1. The van der Waals surface area contributed by atoms with E-state index in [4.69, 9.17) is 14.2 Å². The van der Waals surface area contributed by atoms with Gasteiger partial charge in [-0.05, 0) is 18.6 Å². The van der Waals surface area contributed by atoms with E-state index in [2.05, 4.69) is 6.08 Å². The van der Waals surface area contributed by atoms with E-state index in [0.717, 1.165) is 29.2 Å². The minimum absolute atomic E-state index is 0.614. The van der Waals surface area contributed by atoms with Crippen molar-refractivity contribution in [1.82, 2.24) is 0 Å². The molecule has 3 heteroatoms. The largest absolute Gasteiger partial charge is 0.493 e. The third-order valence-electron chi connectivity index (χ3n) is 2.43. The summed E-state index contributed by atoms with van der Waals surface area (Å²) in [6.07, 6.45) is 4.90. The van der Waals surface area contributed by atoms with E-state index in [1.807, 2.05) is 18.2 Å². The van der Waals surface area contributed by atoms with Gasteiger partial charge in [0.15, 0.2) is 11.5 Å². The quantitative estimate of drug-likeness (QED) is 0.694. The lowest BCUT2D eigenvalue weighted by molar-refractivity contribution is 0.336. The van der Waals surface area contributed by atoms with Gasteiger partial charge in [-0.1, -0.05) is 12.2 Å². The molecule has 0 N–H and O–H groups in total. The Morgan fingerprint density at radius 3 is 2.73 bits per heavy atom. The predicted octanol–water partition coefficient (Wildman–Crippen LogP) is 2.19. The van der Waals surface area contributed by atoms with Gasteiger partial charge in [0.05, 0.1) is 14.2 Å². The molecule has 0 saturated heterocycles. The van der Waals surface area contributed by atoms with Crippen molar-refractivity contribution in [2.45, 2.75) is 6.42 Å². The monoisotopic (exact) mass is 206 g/mol. The highest BCUT2D eigenvalue weighted by atomic mass is 16.5. The zero-order chi connectivity index (χ0) is 10.7. The maximum Gasteiger partial charge on any atom is 0.167 e. The Hall–Kier alpha value is -1.64. The molecule has 0 atom stereocenters. The second-order valence-electron chi connectivity index (χ2n) is 3.26. The van der Waals surface area contributed by atoms with E-state index in [-0.39, 0.29) is 0 Å². The van der Waals surface area contributed by atoms with Gasteiger partial charge in [0, 0.05) is 5.56 Å². The standard InChI is InChI=1S/C12H14O3/c1-13-11-7-6-10-9(12(11)14-2)5-3-4-8-15-10/h3-4,6-7H,5,8H2,1-2H3. The van der Waals surface area contributed by atoms with Gasteiger partial charge in [-0.3, -0.25) is 0 Å². The molecule has 0 aliphatic carbocycles. The van der Waals surface area contributed by atoms with Crippen LogP contribution in [0.5, 0.6) is 17.2 Å². The molecule has 2 rings (SSSR count). The molecule has 0 unspecified atom stereocenters. The predicted molar refractivity (Wildman–Crippen MR) is 57.9 cm³/mol. The van der Waals surface area contributed by atoms with Gasteiger partial charge < -0.3 is 14.2 Å². The highest BCUT2D eigenvalue weighted by Crippen LogP contribution is 2.38. The molecule has 0 fully saturated rings. The molecule has 3 nitrogen and oxygen atoms in total. The van der Waals surface area contributed by atoms with Crippen LogP contribution in [0.4, 0.5) is 0 Å². The zero-order valence-electron chi connectivity index (χ0n) is 8.95. The highest BCUT2D eigenvalue weighted by molar-refractivity contribution is 5.55. The molecule has 0 radical (unpaired) electrons. The van der Waals surface area contributed by atoms with E-state index in [0.29, 0.717) is 6.61 Å². The number of allylic oxidation sites excluding steroid dienone is 1. The first-order valence-electron chi connectivity index (χ1n) is 4.88. The first-order chi connectivity index (χ1) is 7.36. The van der Waals surface area contributed by atoms with Gasteiger partial charge in [0.2, 0.25) is 0 Å². The summed E-state index contributed by atoms with van der Waals surface area (Å²) in [6, 6.07) is 3.78. The fourth-order valence-electron chi connectivity index (χ4n) is 1.71. The Kier molecular flexibility index (Phi) is 2.81. The van der Waals surface area contributed by atoms with Crippen LogP contribution < -0.4 is 14.2 Å². The van der Waals surface area contributed by atoms with Crippen molar-refractivity contribution < 1.29 is 14.2 Å². The van der Waals surface area contributed by atoms with Crippen LogP contribution in [0, 0.1) is 0 Å². The van der Waals surface area contributed by atoms with E-state index < -0.39 is 0 Å². The van der Waals surface area contributed by atoms with Gasteiger partial charge in [0.1, 0.15) is 12.4 Å². The maximum atomic E-state index is 5.57. The highest BCUT2D eigenvalue weighted by Gasteiger charge is 2.15. The van der Waals surface area contributed by atoms with Gasteiger partial charge >= 0.3 is 0 Å². The van der Waals surface area contributed by atoms with Gasteiger partial charge in [-0.25, -0.2) is 0 Å². The number of hydrogen-bond donors (Lipinski definition) is 0. The molecule has 0 amide bonds. The van der Waals surface area contributed by atoms with Crippen LogP contribution in [0.25, 0.3) is 0 Å². The van der Waals surface area contributed by atoms with Crippen LogP contribution >= 0.6 is 0 Å². The van der Waals surface area contributed by atoms with Crippen molar-refractivity contribution >= 4 is 0 Å². The molecule has 1 aliphatic heterocycles. The molecule has 1 aliphatic rings. The normalized spacial score (nSPS) is 13.7. The van der Waals surface area contributed by atoms with Crippen LogP contribution in [0.2, 0.25) is 0 Å². The van der Waals surface area contributed by atoms with E-state index in [1.165, 1.54) is 0 Å². The minimum Gasteiger partial charge on any atom is -0.493 e. The molecule has 80 valence electrons. The minimum atomic E-state index is 0.614. The van der Waals surface area contributed by atoms with Gasteiger partial charge in [-0.15, -0.1) is 0 Å². The number of hydrogen-bond acceptors (Lipinski definition) is 3. The smallest absolute Gasteiger partial charge is 0.167 e. The lowest BCUT2D eigenvalue weighted by Gasteiger charge is -2.14. The summed E-state index contributed by atoms with van der Waals surface area (Å²) in [7, 11) is 3.28. The number of methoxy groups -OCH3 is 2. The van der Waals surface area contributed by atoms with E-state index in [1.54, 1.807) is 14.2 Å². The fourth-order valence-corrected chi connectivity index (χ4v) is 1.71. The zero-order valence-corrected chi connectivity index (χ0v) is 8.95. The van der Waals surface area contributed by atoms with Crippen LogP contribution in [0.1, 0.15) is 5.56 Å². The molecule has 0 aromatic heterocycles. The second-order valence-corrected chi connectivity index (χ2v) is 3.26. The van der Waals surface area contributed by atoms with Crippen LogP contribution in [-0.4, -0.2) is 20.8 Å². The summed E-state index contributed by atoms with van der Waals surface area (Å²) in [5.41, 5.74) is 1.05. The summed E-state index contributed by atoms with van der Waals surface area (Å²) in [5, 5.41) is 0.